The average Bonchev–Trinajstić information content (AvgIpc) is 2.53. The van der Waals surface area contributed by atoms with Crippen molar-refractivity contribution in [2.45, 2.75) is 33.3 Å². The van der Waals surface area contributed by atoms with Crippen LogP contribution in [0.2, 0.25) is 0 Å². The van der Waals surface area contributed by atoms with Gasteiger partial charge in [0.1, 0.15) is 0 Å². The van der Waals surface area contributed by atoms with Crippen molar-refractivity contribution in [3.05, 3.63) is 63.6 Å². The molecule has 0 fully saturated rings. The second-order valence-corrected chi connectivity index (χ2v) is 6.61. The lowest BCUT2D eigenvalue weighted by molar-refractivity contribution is -0.152. The van der Waals surface area contributed by atoms with Crippen molar-refractivity contribution >= 4 is 33.5 Å². The second kappa shape index (κ2) is 8.11. The van der Waals surface area contributed by atoms with Crippen molar-refractivity contribution in [1.82, 2.24) is 0 Å². The highest BCUT2D eigenvalue weighted by molar-refractivity contribution is 9.10. The van der Waals surface area contributed by atoms with Gasteiger partial charge in [-0.1, -0.05) is 46.3 Å². The topological polar surface area (TPSA) is 55.4 Å². The first-order valence-electron chi connectivity index (χ1n) is 7.68. The van der Waals surface area contributed by atoms with Gasteiger partial charge in [-0.05, 0) is 49.6 Å². The smallest absolute Gasteiger partial charge is 0.311 e. The molecule has 126 valence electrons. The van der Waals surface area contributed by atoms with Gasteiger partial charge >= 0.3 is 5.97 Å². The van der Waals surface area contributed by atoms with Crippen LogP contribution in [-0.2, 0) is 20.7 Å². The molecule has 0 bridgehead atoms. The molecule has 1 N–H and O–H groups in total. The number of esters is 1. The maximum absolute atomic E-state index is 12.3. The van der Waals surface area contributed by atoms with Crippen LogP contribution in [-0.4, -0.2) is 18.0 Å². The predicted octanol–water partition coefficient (Wildman–Crippen LogP) is 4.18. The van der Waals surface area contributed by atoms with E-state index in [2.05, 4.69) is 21.2 Å². The van der Waals surface area contributed by atoms with Gasteiger partial charge in [-0.3, -0.25) is 9.59 Å². The normalized spacial score (nSPS) is 11.7. The molecule has 0 aliphatic rings. The van der Waals surface area contributed by atoms with Crippen molar-refractivity contribution in [3.63, 3.8) is 0 Å². The van der Waals surface area contributed by atoms with Gasteiger partial charge < -0.3 is 10.1 Å². The molecule has 0 radical (unpaired) electrons. The Morgan fingerprint density at radius 3 is 2.25 bits per heavy atom. The summed E-state index contributed by atoms with van der Waals surface area (Å²) in [5, 5.41) is 2.83. The molecule has 0 heterocycles. The van der Waals surface area contributed by atoms with Crippen LogP contribution in [0.1, 0.15) is 23.6 Å². The summed E-state index contributed by atoms with van der Waals surface area (Å²) < 4.78 is 6.18. The van der Waals surface area contributed by atoms with Gasteiger partial charge in [0.25, 0.3) is 5.91 Å². The van der Waals surface area contributed by atoms with Gasteiger partial charge in [0.15, 0.2) is 6.10 Å². The van der Waals surface area contributed by atoms with Crippen molar-refractivity contribution in [2.75, 3.05) is 5.32 Å². The molecule has 5 heteroatoms. The first kappa shape index (κ1) is 18.2. The monoisotopic (exact) mass is 389 g/mol. The molecule has 4 nitrogen and oxygen atoms in total. The summed E-state index contributed by atoms with van der Waals surface area (Å²) in [5.74, 6) is -0.766. The number of amides is 1. The zero-order chi connectivity index (χ0) is 17.7. The summed E-state index contributed by atoms with van der Waals surface area (Å²) in [6.07, 6.45) is -0.721. The van der Waals surface area contributed by atoms with Gasteiger partial charge in [-0.15, -0.1) is 0 Å². The molecule has 0 spiro atoms. The van der Waals surface area contributed by atoms with Crippen molar-refractivity contribution in [1.29, 1.82) is 0 Å². The number of carbonyl (C=O) groups is 2. The van der Waals surface area contributed by atoms with Crippen LogP contribution in [0.3, 0.4) is 0 Å². The standard InChI is InChI=1S/C19H20BrNO3/c1-12-5-4-6-13(2)18(12)21-19(23)14(3)24-17(22)11-15-7-9-16(20)10-8-15/h4-10,14H,11H2,1-3H3,(H,21,23). The molecule has 1 unspecified atom stereocenters. The number of aryl methyl sites for hydroxylation is 2. The zero-order valence-corrected chi connectivity index (χ0v) is 15.5. The van der Waals surface area contributed by atoms with Gasteiger partial charge in [-0.2, -0.15) is 0 Å². The van der Waals surface area contributed by atoms with Gasteiger partial charge in [0.2, 0.25) is 0 Å². The Balaban J connectivity index is 1.93. The molecule has 1 atom stereocenters. The molecule has 2 aromatic rings. The molecule has 0 aliphatic heterocycles. The molecule has 1 amide bonds. The number of halogens is 1. The van der Waals surface area contributed by atoms with E-state index in [-0.39, 0.29) is 12.3 Å². The van der Waals surface area contributed by atoms with E-state index in [4.69, 9.17) is 4.74 Å². The summed E-state index contributed by atoms with van der Waals surface area (Å²) in [4.78, 5) is 24.2. The van der Waals surface area contributed by atoms with Crippen LogP contribution in [0.15, 0.2) is 46.9 Å². The Labute approximate surface area is 150 Å². The Bertz CT molecular complexity index is 721. The van der Waals surface area contributed by atoms with E-state index >= 15 is 0 Å². The third-order valence-corrected chi connectivity index (χ3v) is 4.20. The van der Waals surface area contributed by atoms with Crippen molar-refractivity contribution in [2.24, 2.45) is 0 Å². The summed E-state index contributed by atoms with van der Waals surface area (Å²) >= 11 is 3.35. The molecular weight excluding hydrogens is 370 g/mol. The highest BCUT2D eigenvalue weighted by Crippen LogP contribution is 2.20. The molecule has 0 saturated heterocycles. The number of hydrogen-bond acceptors (Lipinski definition) is 3. The van der Waals surface area contributed by atoms with E-state index in [0.717, 1.165) is 26.9 Å². The number of hydrogen-bond donors (Lipinski definition) is 1. The van der Waals surface area contributed by atoms with Crippen LogP contribution in [0.4, 0.5) is 5.69 Å². The molecule has 0 aromatic heterocycles. The first-order chi connectivity index (χ1) is 11.4. The number of rotatable bonds is 5. The third kappa shape index (κ3) is 4.93. The lowest BCUT2D eigenvalue weighted by Crippen LogP contribution is -2.31. The summed E-state index contributed by atoms with van der Waals surface area (Å²) in [7, 11) is 0. The van der Waals surface area contributed by atoms with Gasteiger partial charge in [0, 0.05) is 10.2 Å². The van der Waals surface area contributed by atoms with Crippen LogP contribution in [0.5, 0.6) is 0 Å². The predicted molar refractivity (Wildman–Crippen MR) is 97.9 cm³/mol. The number of benzene rings is 2. The lowest BCUT2D eigenvalue weighted by Gasteiger charge is -2.16. The third-order valence-electron chi connectivity index (χ3n) is 3.67. The highest BCUT2D eigenvalue weighted by Gasteiger charge is 2.19. The minimum Gasteiger partial charge on any atom is -0.452 e. The minimum absolute atomic E-state index is 0.133. The maximum Gasteiger partial charge on any atom is 0.311 e. The number of ether oxygens (including phenoxy) is 1. The Hall–Kier alpha value is -2.14. The number of nitrogens with one attached hydrogen (secondary N) is 1. The van der Waals surface area contributed by atoms with Crippen LogP contribution < -0.4 is 5.32 Å². The largest absolute Gasteiger partial charge is 0.452 e. The molecular formula is C19H20BrNO3. The first-order valence-corrected chi connectivity index (χ1v) is 8.47. The second-order valence-electron chi connectivity index (χ2n) is 5.69. The summed E-state index contributed by atoms with van der Waals surface area (Å²) in [6.45, 7) is 5.42. The minimum atomic E-state index is -0.855. The van der Waals surface area contributed by atoms with E-state index in [0.29, 0.717) is 0 Å². The fourth-order valence-electron chi connectivity index (χ4n) is 2.30. The summed E-state index contributed by atoms with van der Waals surface area (Å²) in [6, 6.07) is 13.2. The number of para-hydroxylation sites is 1. The van der Waals surface area contributed by atoms with Crippen molar-refractivity contribution in [3.8, 4) is 0 Å². The van der Waals surface area contributed by atoms with E-state index in [1.807, 2.05) is 56.3 Å². The molecule has 2 rings (SSSR count). The van der Waals surface area contributed by atoms with E-state index in [9.17, 15) is 9.59 Å². The fraction of sp³-hybridized carbons (Fsp3) is 0.263. The molecule has 0 saturated carbocycles. The highest BCUT2D eigenvalue weighted by atomic mass is 79.9. The quantitative estimate of drug-likeness (QED) is 0.780. The molecule has 2 aromatic carbocycles. The van der Waals surface area contributed by atoms with Gasteiger partial charge in [-0.25, -0.2) is 0 Å². The SMILES string of the molecule is Cc1cccc(C)c1NC(=O)C(C)OC(=O)Cc1ccc(Br)cc1. The fourth-order valence-corrected chi connectivity index (χ4v) is 2.56. The average molecular weight is 390 g/mol. The van der Waals surface area contributed by atoms with Crippen LogP contribution in [0.25, 0.3) is 0 Å². The zero-order valence-electron chi connectivity index (χ0n) is 13.9. The summed E-state index contributed by atoms with van der Waals surface area (Å²) in [5.41, 5.74) is 3.54. The van der Waals surface area contributed by atoms with Crippen molar-refractivity contribution < 1.29 is 14.3 Å². The van der Waals surface area contributed by atoms with E-state index < -0.39 is 12.1 Å². The molecule has 24 heavy (non-hydrogen) atoms. The lowest BCUT2D eigenvalue weighted by atomic mass is 10.1. The van der Waals surface area contributed by atoms with Crippen LogP contribution in [0, 0.1) is 13.8 Å². The Morgan fingerprint density at radius 1 is 1.08 bits per heavy atom. The number of anilines is 1. The molecule has 0 aliphatic carbocycles. The maximum atomic E-state index is 12.3. The number of carbonyl (C=O) groups excluding carboxylic acids is 2. The van der Waals surface area contributed by atoms with Gasteiger partial charge in [0.05, 0.1) is 6.42 Å². The van der Waals surface area contributed by atoms with E-state index in [1.165, 1.54) is 0 Å². The van der Waals surface area contributed by atoms with Crippen LogP contribution >= 0.6 is 15.9 Å². The Morgan fingerprint density at radius 2 is 1.67 bits per heavy atom. The Kier molecular flexibility index (Phi) is 6.15. The van der Waals surface area contributed by atoms with E-state index in [1.54, 1.807) is 6.92 Å².